The molecular weight excluding hydrogens is 256 g/mol. The lowest BCUT2D eigenvalue weighted by atomic mass is 10.2. The average molecular weight is 274 g/mol. The Morgan fingerprint density at radius 3 is 3.00 bits per heavy atom. The molecule has 2 aromatic rings. The summed E-state index contributed by atoms with van der Waals surface area (Å²) < 4.78 is 5.41. The molecule has 0 saturated heterocycles. The third-order valence-electron chi connectivity index (χ3n) is 3.01. The van der Waals surface area contributed by atoms with Crippen LogP contribution in [0.5, 0.6) is 5.75 Å². The number of nitrogens with one attached hydrogen (secondary N) is 1. The van der Waals surface area contributed by atoms with E-state index in [4.69, 9.17) is 9.84 Å². The molecular formula is C15H18N2O3. The molecule has 0 bridgehead atoms. The van der Waals surface area contributed by atoms with Crippen LogP contribution in [-0.4, -0.2) is 35.3 Å². The van der Waals surface area contributed by atoms with E-state index in [1.165, 1.54) is 0 Å². The summed E-state index contributed by atoms with van der Waals surface area (Å²) in [6, 6.07) is 9.32. The van der Waals surface area contributed by atoms with Crippen LogP contribution < -0.4 is 10.1 Å². The monoisotopic (exact) mass is 274 g/mol. The number of hydrogen-bond donors (Lipinski definition) is 2. The predicted octanol–water partition coefficient (Wildman–Crippen LogP) is 1.50. The fraction of sp³-hybridized carbons (Fsp3) is 0.333. The van der Waals surface area contributed by atoms with Crippen molar-refractivity contribution < 1.29 is 14.6 Å². The highest BCUT2D eigenvalue weighted by atomic mass is 16.5. The van der Waals surface area contributed by atoms with Gasteiger partial charge < -0.3 is 15.2 Å². The highest BCUT2D eigenvalue weighted by Crippen LogP contribution is 2.17. The quantitative estimate of drug-likeness (QED) is 0.837. The lowest BCUT2D eigenvalue weighted by molar-refractivity contribution is -0.124. The van der Waals surface area contributed by atoms with Gasteiger partial charge in [-0.2, -0.15) is 0 Å². The van der Waals surface area contributed by atoms with Crippen LogP contribution in [0.15, 0.2) is 36.5 Å². The smallest absolute Gasteiger partial charge is 0.258 e. The summed E-state index contributed by atoms with van der Waals surface area (Å²) in [6.07, 6.45) is 2.28. The van der Waals surface area contributed by atoms with Crippen LogP contribution in [0.2, 0.25) is 0 Å². The van der Waals surface area contributed by atoms with Crippen molar-refractivity contribution in [3.8, 4) is 5.75 Å². The Morgan fingerprint density at radius 1 is 1.45 bits per heavy atom. The number of hydrogen-bond acceptors (Lipinski definition) is 4. The molecule has 0 saturated carbocycles. The molecule has 0 aliphatic heterocycles. The number of carbonyl (C=O) groups excluding carboxylic acids is 1. The first-order valence-electron chi connectivity index (χ1n) is 6.60. The number of aliphatic hydroxyl groups is 1. The fourth-order valence-electron chi connectivity index (χ4n) is 1.82. The van der Waals surface area contributed by atoms with E-state index in [9.17, 15) is 4.79 Å². The number of rotatable bonds is 6. The van der Waals surface area contributed by atoms with Gasteiger partial charge in [0.2, 0.25) is 0 Å². The van der Waals surface area contributed by atoms with Crippen molar-refractivity contribution in [3.05, 3.63) is 36.5 Å². The van der Waals surface area contributed by atoms with Crippen molar-refractivity contribution in [1.29, 1.82) is 0 Å². The number of aromatic nitrogens is 1. The number of aliphatic hydroxyl groups excluding tert-OH is 1. The zero-order valence-electron chi connectivity index (χ0n) is 11.4. The molecule has 2 N–H and O–H groups in total. The van der Waals surface area contributed by atoms with Crippen molar-refractivity contribution in [3.63, 3.8) is 0 Å². The first kappa shape index (κ1) is 14.3. The van der Waals surface area contributed by atoms with Crippen LogP contribution in [0, 0.1) is 0 Å². The Bertz CT molecular complexity index is 582. The minimum Gasteiger partial charge on any atom is -0.482 e. The molecule has 1 aromatic carbocycles. The number of para-hydroxylation sites is 1. The van der Waals surface area contributed by atoms with E-state index >= 15 is 0 Å². The predicted molar refractivity (Wildman–Crippen MR) is 76.5 cm³/mol. The van der Waals surface area contributed by atoms with Gasteiger partial charge in [-0.1, -0.05) is 25.1 Å². The highest BCUT2D eigenvalue weighted by Gasteiger charge is 2.09. The molecule has 1 heterocycles. The SMILES string of the molecule is CCC(CO)NC(=O)COc1cnc2ccccc2c1. The topological polar surface area (TPSA) is 71.5 Å². The molecule has 5 nitrogen and oxygen atoms in total. The van der Waals surface area contributed by atoms with Gasteiger partial charge in [-0.05, 0) is 18.6 Å². The maximum Gasteiger partial charge on any atom is 0.258 e. The molecule has 1 amide bonds. The van der Waals surface area contributed by atoms with Crippen molar-refractivity contribution in [2.75, 3.05) is 13.2 Å². The second-order valence-electron chi connectivity index (χ2n) is 4.51. The summed E-state index contributed by atoms with van der Waals surface area (Å²) in [4.78, 5) is 15.9. The zero-order valence-corrected chi connectivity index (χ0v) is 11.4. The molecule has 0 fully saturated rings. The molecule has 2 rings (SSSR count). The molecule has 106 valence electrons. The van der Waals surface area contributed by atoms with Gasteiger partial charge in [0.25, 0.3) is 5.91 Å². The van der Waals surface area contributed by atoms with Gasteiger partial charge >= 0.3 is 0 Å². The number of ether oxygens (including phenoxy) is 1. The van der Waals surface area contributed by atoms with E-state index in [0.29, 0.717) is 12.2 Å². The molecule has 0 aliphatic carbocycles. The van der Waals surface area contributed by atoms with Gasteiger partial charge in [0, 0.05) is 5.39 Å². The van der Waals surface area contributed by atoms with Crippen molar-refractivity contribution >= 4 is 16.8 Å². The number of amides is 1. The third-order valence-corrected chi connectivity index (χ3v) is 3.01. The van der Waals surface area contributed by atoms with E-state index < -0.39 is 0 Å². The van der Waals surface area contributed by atoms with Gasteiger partial charge in [-0.25, -0.2) is 0 Å². The first-order chi connectivity index (χ1) is 9.72. The van der Waals surface area contributed by atoms with Crippen LogP contribution in [0.1, 0.15) is 13.3 Å². The molecule has 5 heteroatoms. The van der Waals surface area contributed by atoms with E-state index in [0.717, 1.165) is 10.9 Å². The molecule has 0 spiro atoms. The van der Waals surface area contributed by atoms with Gasteiger partial charge in [0.1, 0.15) is 5.75 Å². The third kappa shape index (κ3) is 3.68. The maximum atomic E-state index is 11.6. The number of fused-ring (bicyclic) bond motifs is 1. The lowest BCUT2D eigenvalue weighted by Gasteiger charge is -2.14. The molecule has 1 aromatic heterocycles. The summed E-state index contributed by atoms with van der Waals surface area (Å²) in [7, 11) is 0. The number of carbonyl (C=O) groups is 1. The summed E-state index contributed by atoms with van der Waals surface area (Å²) in [5, 5.41) is 12.7. The lowest BCUT2D eigenvalue weighted by Crippen LogP contribution is -2.39. The number of benzene rings is 1. The Morgan fingerprint density at radius 2 is 2.25 bits per heavy atom. The summed E-state index contributed by atoms with van der Waals surface area (Å²) in [5.41, 5.74) is 0.885. The summed E-state index contributed by atoms with van der Waals surface area (Å²) >= 11 is 0. The van der Waals surface area contributed by atoms with E-state index in [2.05, 4.69) is 10.3 Å². The summed E-state index contributed by atoms with van der Waals surface area (Å²) in [5.74, 6) is 0.301. The average Bonchev–Trinajstić information content (AvgIpc) is 2.50. The standard InChI is InChI=1S/C15H18N2O3/c1-2-12(9-18)17-15(19)10-20-13-7-11-5-3-4-6-14(11)16-8-13/h3-8,12,18H,2,9-10H2,1H3,(H,17,19). The normalized spacial score (nSPS) is 12.1. The van der Waals surface area contributed by atoms with Crippen molar-refractivity contribution in [2.24, 2.45) is 0 Å². The van der Waals surface area contributed by atoms with E-state index in [-0.39, 0.29) is 25.2 Å². The Kier molecular flexibility index (Phi) is 4.90. The highest BCUT2D eigenvalue weighted by molar-refractivity contribution is 5.80. The minimum atomic E-state index is -0.251. The Balaban J connectivity index is 1.93. The van der Waals surface area contributed by atoms with Gasteiger partial charge in [-0.15, -0.1) is 0 Å². The van der Waals surface area contributed by atoms with Crippen LogP contribution in [-0.2, 0) is 4.79 Å². The number of pyridine rings is 1. The van der Waals surface area contributed by atoms with Gasteiger partial charge in [0.05, 0.1) is 24.4 Å². The summed E-state index contributed by atoms with van der Waals surface area (Å²) in [6.45, 7) is 1.74. The zero-order chi connectivity index (χ0) is 14.4. The van der Waals surface area contributed by atoms with E-state index in [1.54, 1.807) is 6.20 Å². The number of nitrogens with zero attached hydrogens (tertiary/aromatic N) is 1. The minimum absolute atomic E-state index is 0.0697. The first-order valence-corrected chi connectivity index (χ1v) is 6.60. The Labute approximate surface area is 117 Å². The van der Waals surface area contributed by atoms with Gasteiger partial charge in [-0.3, -0.25) is 9.78 Å². The van der Waals surface area contributed by atoms with Gasteiger partial charge in [0.15, 0.2) is 6.61 Å². The molecule has 1 atom stereocenters. The fourth-order valence-corrected chi connectivity index (χ4v) is 1.82. The van der Waals surface area contributed by atoms with Crippen LogP contribution in [0.4, 0.5) is 0 Å². The Hall–Kier alpha value is -2.14. The van der Waals surface area contributed by atoms with E-state index in [1.807, 2.05) is 37.3 Å². The molecule has 20 heavy (non-hydrogen) atoms. The van der Waals surface area contributed by atoms with Crippen molar-refractivity contribution in [2.45, 2.75) is 19.4 Å². The second-order valence-corrected chi connectivity index (χ2v) is 4.51. The molecule has 1 unspecified atom stereocenters. The largest absolute Gasteiger partial charge is 0.482 e. The molecule has 0 radical (unpaired) electrons. The van der Waals surface area contributed by atoms with Crippen LogP contribution >= 0.6 is 0 Å². The van der Waals surface area contributed by atoms with Crippen LogP contribution in [0.3, 0.4) is 0 Å². The second kappa shape index (κ2) is 6.86. The van der Waals surface area contributed by atoms with Crippen molar-refractivity contribution in [1.82, 2.24) is 10.3 Å². The van der Waals surface area contributed by atoms with Crippen LogP contribution in [0.25, 0.3) is 10.9 Å². The maximum absolute atomic E-state index is 11.6. The molecule has 0 aliphatic rings.